The molecule has 3 nitrogen and oxygen atoms in total. The van der Waals surface area contributed by atoms with Crippen molar-refractivity contribution in [1.29, 1.82) is 0 Å². The molecule has 104 valence electrons. The number of carbonyl (C=O) groups is 1. The smallest absolute Gasteiger partial charge is 0.217 e. The van der Waals surface area contributed by atoms with E-state index in [0.29, 0.717) is 0 Å². The second-order valence-corrected chi connectivity index (χ2v) is 4.88. The molecule has 0 aromatic carbocycles. The largest absolute Gasteiger partial charge is 0.354 e. The predicted octanol–water partition coefficient (Wildman–Crippen LogP) is 2.91. The summed E-state index contributed by atoms with van der Waals surface area (Å²) in [6.45, 7) is 14.3. The van der Waals surface area contributed by atoms with Gasteiger partial charge in [0.1, 0.15) is 0 Å². The lowest BCUT2D eigenvalue weighted by Crippen LogP contribution is -2.34. The molecule has 1 atom stereocenters. The lowest BCUT2D eigenvalue weighted by molar-refractivity contribution is -0.119. The molecule has 1 amide bonds. The van der Waals surface area contributed by atoms with Gasteiger partial charge in [-0.25, -0.2) is 0 Å². The molecule has 0 saturated heterocycles. The Morgan fingerprint density at radius 3 is 2.00 bits per heavy atom. The normalized spacial score (nSPS) is 12.1. The Kier molecular flexibility index (Phi) is 13.2. The molecule has 0 aliphatic heterocycles. The third kappa shape index (κ3) is 15.4. The fourth-order valence-electron chi connectivity index (χ4n) is 1.42. The number of hydrogen-bond acceptors (Lipinski definition) is 2. The zero-order valence-corrected chi connectivity index (χ0v) is 12.8. The summed E-state index contributed by atoms with van der Waals surface area (Å²) in [7, 11) is 2.14. The van der Waals surface area contributed by atoms with Gasteiger partial charge in [0.15, 0.2) is 0 Å². The standard InChI is InChI=1S/C12H26N2O.C2H6/c1-10(2)6-8-14(5)9-7-11(3)13-12(4)15;1-2/h10-11H,6-9H2,1-5H3,(H,13,15);1-2H3. The summed E-state index contributed by atoms with van der Waals surface area (Å²) in [6, 6.07) is 0.281. The number of amides is 1. The highest BCUT2D eigenvalue weighted by Crippen LogP contribution is 2.01. The Balaban J connectivity index is 0. The molecule has 0 spiro atoms. The minimum atomic E-state index is 0.0623. The molecule has 0 bridgehead atoms. The van der Waals surface area contributed by atoms with Gasteiger partial charge >= 0.3 is 0 Å². The summed E-state index contributed by atoms with van der Waals surface area (Å²) in [5, 5.41) is 2.90. The van der Waals surface area contributed by atoms with E-state index in [9.17, 15) is 4.79 Å². The van der Waals surface area contributed by atoms with Crippen molar-refractivity contribution >= 4 is 5.91 Å². The zero-order chi connectivity index (χ0) is 13.8. The maximum atomic E-state index is 10.8. The van der Waals surface area contributed by atoms with Gasteiger partial charge < -0.3 is 10.2 Å². The van der Waals surface area contributed by atoms with E-state index in [1.54, 1.807) is 6.92 Å². The molecule has 0 aliphatic rings. The first-order chi connectivity index (χ1) is 7.91. The second kappa shape index (κ2) is 11.9. The van der Waals surface area contributed by atoms with Crippen LogP contribution < -0.4 is 5.32 Å². The second-order valence-electron chi connectivity index (χ2n) is 4.88. The predicted molar refractivity (Wildman–Crippen MR) is 76.2 cm³/mol. The fourth-order valence-corrected chi connectivity index (χ4v) is 1.42. The molecule has 1 N–H and O–H groups in total. The van der Waals surface area contributed by atoms with Crippen molar-refractivity contribution in [3.8, 4) is 0 Å². The van der Waals surface area contributed by atoms with E-state index in [4.69, 9.17) is 0 Å². The van der Waals surface area contributed by atoms with E-state index in [1.165, 1.54) is 6.42 Å². The number of carbonyl (C=O) groups excluding carboxylic acids is 1. The van der Waals surface area contributed by atoms with Crippen LogP contribution in [0.4, 0.5) is 0 Å². The van der Waals surface area contributed by atoms with E-state index in [-0.39, 0.29) is 11.9 Å². The van der Waals surface area contributed by atoms with Crippen molar-refractivity contribution in [2.45, 2.75) is 60.4 Å². The van der Waals surface area contributed by atoms with Crippen LogP contribution in [-0.2, 0) is 4.79 Å². The SMILES string of the molecule is CC.CC(=O)NC(C)CCN(C)CCC(C)C. The van der Waals surface area contributed by atoms with Gasteiger partial charge in [-0.1, -0.05) is 27.7 Å². The summed E-state index contributed by atoms with van der Waals surface area (Å²) in [5.41, 5.74) is 0. The fraction of sp³-hybridized carbons (Fsp3) is 0.929. The van der Waals surface area contributed by atoms with E-state index >= 15 is 0 Å². The van der Waals surface area contributed by atoms with Gasteiger partial charge in [0.25, 0.3) is 0 Å². The Labute approximate surface area is 108 Å². The zero-order valence-electron chi connectivity index (χ0n) is 12.8. The highest BCUT2D eigenvalue weighted by Gasteiger charge is 2.05. The van der Waals surface area contributed by atoms with Crippen molar-refractivity contribution in [3.63, 3.8) is 0 Å². The average molecular weight is 244 g/mol. The minimum absolute atomic E-state index is 0.0623. The Bertz CT molecular complexity index is 181. The third-order valence-electron chi connectivity index (χ3n) is 2.48. The summed E-state index contributed by atoms with van der Waals surface area (Å²) >= 11 is 0. The van der Waals surface area contributed by atoms with Crippen LogP contribution in [0.3, 0.4) is 0 Å². The van der Waals surface area contributed by atoms with Crippen molar-refractivity contribution in [2.75, 3.05) is 20.1 Å². The van der Waals surface area contributed by atoms with Crippen LogP contribution in [0.2, 0.25) is 0 Å². The highest BCUT2D eigenvalue weighted by molar-refractivity contribution is 5.73. The van der Waals surface area contributed by atoms with Crippen LogP contribution in [0.5, 0.6) is 0 Å². The molecular weight excluding hydrogens is 212 g/mol. The topological polar surface area (TPSA) is 32.3 Å². The van der Waals surface area contributed by atoms with Gasteiger partial charge in [0.05, 0.1) is 0 Å². The number of nitrogens with one attached hydrogen (secondary N) is 1. The molecule has 0 aromatic heterocycles. The van der Waals surface area contributed by atoms with Crippen LogP contribution >= 0.6 is 0 Å². The molecule has 0 radical (unpaired) electrons. The molecule has 17 heavy (non-hydrogen) atoms. The van der Waals surface area contributed by atoms with Gasteiger partial charge in [0.2, 0.25) is 5.91 Å². The molecule has 0 heterocycles. The lowest BCUT2D eigenvalue weighted by atomic mass is 10.1. The molecule has 0 saturated carbocycles. The summed E-state index contributed by atoms with van der Waals surface area (Å²) < 4.78 is 0. The van der Waals surface area contributed by atoms with Gasteiger partial charge in [-0.15, -0.1) is 0 Å². The van der Waals surface area contributed by atoms with Crippen molar-refractivity contribution in [2.24, 2.45) is 5.92 Å². The molecule has 0 aromatic rings. The first kappa shape index (κ1) is 18.8. The first-order valence-corrected chi connectivity index (χ1v) is 6.87. The van der Waals surface area contributed by atoms with Gasteiger partial charge in [-0.05, 0) is 45.8 Å². The molecule has 0 rings (SSSR count). The van der Waals surface area contributed by atoms with E-state index in [2.05, 4.69) is 38.0 Å². The molecule has 0 aliphatic carbocycles. The van der Waals surface area contributed by atoms with Gasteiger partial charge in [-0.2, -0.15) is 0 Å². The Hall–Kier alpha value is -0.570. The van der Waals surface area contributed by atoms with Crippen LogP contribution in [0.25, 0.3) is 0 Å². The van der Waals surface area contributed by atoms with Crippen molar-refractivity contribution < 1.29 is 4.79 Å². The Morgan fingerprint density at radius 1 is 1.12 bits per heavy atom. The monoisotopic (exact) mass is 244 g/mol. The third-order valence-corrected chi connectivity index (χ3v) is 2.48. The van der Waals surface area contributed by atoms with E-state index in [1.807, 2.05) is 13.8 Å². The van der Waals surface area contributed by atoms with Crippen LogP contribution in [0, 0.1) is 5.92 Å². The van der Waals surface area contributed by atoms with Gasteiger partial charge in [0, 0.05) is 13.0 Å². The summed E-state index contributed by atoms with van der Waals surface area (Å²) in [5.74, 6) is 0.826. The molecule has 0 fully saturated rings. The maximum Gasteiger partial charge on any atom is 0.217 e. The first-order valence-electron chi connectivity index (χ1n) is 6.87. The minimum Gasteiger partial charge on any atom is -0.354 e. The van der Waals surface area contributed by atoms with E-state index < -0.39 is 0 Å². The van der Waals surface area contributed by atoms with Crippen molar-refractivity contribution in [1.82, 2.24) is 10.2 Å². The summed E-state index contributed by atoms with van der Waals surface area (Å²) in [6.07, 6.45) is 2.26. The summed E-state index contributed by atoms with van der Waals surface area (Å²) in [4.78, 5) is 13.1. The number of hydrogen-bond donors (Lipinski definition) is 1. The number of nitrogens with zero attached hydrogens (tertiary/aromatic N) is 1. The van der Waals surface area contributed by atoms with Crippen molar-refractivity contribution in [3.05, 3.63) is 0 Å². The molecular formula is C14H32N2O. The molecule has 1 unspecified atom stereocenters. The molecule has 3 heteroatoms. The Morgan fingerprint density at radius 2 is 1.59 bits per heavy atom. The van der Waals surface area contributed by atoms with Gasteiger partial charge in [-0.3, -0.25) is 4.79 Å². The highest BCUT2D eigenvalue weighted by atomic mass is 16.1. The lowest BCUT2D eigenvalue weighted by Gasteiger charge is -2.20. The quantitative estimate of drug-likeness (QED) is 0.747. The maximum absolute atomic E-state index is 10.8. The van der Waals surface area contributed by atoms with Crippen LogP contribution in [0.1, 0.15) is 54.4 Å². The number of rotatable bonds is 7. The van der Waals surface area contributed by atoms with Crippen LogP contribution in [-0.4, -0.2) is 37.0 Å². The average Bonchev–Trinajstić information content (AvgIpc) is 2.25. The van der Waals surface area contributed by atoms with Crippen LogP contribution in [0.15, 0.2) is 0 Å². The van der Waals surface area contributed by atoms with E-state index in [0.717, 1.165) is 25.4 Å².